The average molecular weight is 238 g/mol. The van der Waals surface area contributed by atoms with Crippen molar-refractivity contribution in [3.63, 3.8) is 0 Å². The number of nitrogens with zero attached hydrogens (tertiary/aromatic N) is 1. The van der Waals surface area contributed by atoms with E-state index in [1.165, 1.54) is 0 Å². The maximum absolute atomic E-state index is 12.2. The topological polar surface area (TPSA) is 83.6 Å². The van der Waals surface area contributed by atoms with Crippen LogP contribution in [0.1, 0.15) is 19.8 Å². The maximum Gasteiger partial charge on any atom is 0.308 e. The SMILES string of the molecule is CC1C(C(=O)O)CCN1C(=O)C1C=CC(N)C1. The van der Waals surface area contributed by atoms with E-state index in [1.807, 2.05) is 19.1 Å². The summed E-state index contributed by atoms with van der Waals surface area (Å²) in [7, 11) is 0. The number of hydrogen-bond donors (Lipinski definition) is 2. The van der Waals surface area contributed by atoms with Gasteiger partial charge >= 0.3 is 5.97 Å². The van der Waals surface area contributed by atoms with Crippen LogP contribution in [0.5, 0.6) is 0 Å². The molecule has 1 amide bonds. The molecule has 94 valence electrons. The molecule has 0 spiro atoms. The number of carbonyl (C=O) groups is 2. The molecule has 1 aliphatic carbocycles. The molecule has 1 aliphatic heterocycles. The van der Waals surface area contributed by atoms with Crippen molar-refractivity contribution in [1.82, 2.24) is 4.90 Å². The van der Waals surface area contributed by atoms with Crippen LogP contribution < -0.4 is 5.73 Å². The summed E-state index contributed by atoms with van der Waals surface area (Å²) in [5.74, 6) is -1.39. The van der Waals surface area contributed by atoms with Crippen molar-refractivity contribution in [3.05, 3.63) is 12.2 Å². The van der Waals surface area contributed by atoms with Crippen LogP contribution in [0.2, 0.25) is 0 Å². The number of likely N-dealkylation sites (tertiary alicyclic amines) is 1. The molecule has 17 heavy (non-hydrogen) atoms. The molecule has 1 heterocycles. The van der Waals surface area contributed by atoms with E-state index in [2.05, 4.69) is 0 Å². The lowest BCUT2D eigenvalue weighted by Crippen LogP contribution is -2.40. The third-order valence-electron chi connectivity index (χ3n) is 3.79. The minimum absolute atomic E-state index is 0.0189. The van der Waals surface area contributed by atoms with Crippen molar-refractivity contribution in [1.29, 1.82) is 0 Å². The zero-order valence-electron chi connectivity index (χ0n) is 9.87. The van der Waals surface area contributed by atoms with Gasteiger partial charge in [0.15, 0.2) is 0 Å². The Morgan fingerprint density at radius 2 is 2.12 bits per heavy atom. The van der Waals surface area contributed by atoms with Gasteiger partial charge in [0.05, 0.1) is 11.8 Å². The highest BCUT2D eigenvalue weighted by Gasteiger charge is 2.40. The van der Waals surface area contributed by atoms with Gasteiger partial charge < -0.3 is 15.7 Å². The predicted molar refractivity (Wildman–Crippen MR) is 62.1 cm³/mol. The Hall–Kier alpha value is -1.36. The zero-order valence-corrected chi connectivity index (χ0v) is 9.87. The van der Waals surface area contributed by atoms with Crippen molar-refractivity contribution in [2.24, 2.45) is 17.6 Å². The van der Waals surface area contributed by atoms with Gasteiger partial charge in [0, 0.05) is 18.6 Å². The minimum Gasteiger partial charge on any atom is -0.481 e. The van der Waals surface area contributed by atoms with Gasteiger partial charge in [-0.3, -0.25) is 9.59 Å². The van der Waals surface area contributed by atoms with Gasteiger partial charge in [-0.15, -0.1) is 0 Å². The van der Waals surface area contributed by atoms with Crippen LogP contribution in [-0.4, -0.2) is 40.5 Å². The third kappa shape index (κ3) is 2.20. The molecule has 5 nitrogen and oxygen atoms in total. The largest absolute Gasteiger partial charge is 0.481 e. The molecule has 0 saturated carbocycles. The Morgan fingerprint density at radius 1 is 1.41 bits per heavy atom. The van der Waals surface area contributed by atoms with E-state index in [1.54, 1.807) is 4.90 Å². The number of nitrogens with two attached hydrogens (primary N) is 1. The highest BCUT2D eigenvalue weighted by Crippen LogP contribution is 2.28. The molecule has 1 fully saturated rings. The highest BCUT2D eigenvalue weighted by molar-refractivity contribution is 5.83. The summed E-state index contributed by atoms with van der Waals surface area (Å²) in [6.45, 7) is 2.35. The van der Waals surface area contributed by atoms with Gasteiger partial charge in [-0.2, -0.15) is 0 Å². The first-order chi connectivity index (χ1) is 8.00. The smallest absolute Gasteiger partial charge is 0.308 e. The molecular weight excluding hydrogens is 220 g/mol. The highest BCUT2D eigenvalue weighted by atomic mass is 16.4. The molecular formula is C12H18N2O3. The van der Waals surface area contributed by atoms with Gasteiger partial charge in [0.2, 0.25) is 5.91 Å². The number of carbonyl (C=O) groups excluding carboxylic acids is 1. The molecule has 2 rings (SSSR count). The molecule has 4 atom stereocenters. The average Bonchev–Trinajstić information content (AvgIpc) is 2.83. The van der Waals surface area contributed by atoms with Crippen LogP contribution in [0.15, 0.2) is 12.2 Å². The fourth-order valence-electron chi connectivity index (χ4n) is 2.70. The van der Waals surface area contributed by atoms with E-state index < -0.39 is 11.9 Å². The molecule has 5 heteroatoms. The summed E-state index contributed by atoms with van der Waals surface area (Å²) in [5.41, 5.74) is 5.72. The van der Waals surface area contributed by atoms with E-state index in [9.17, 15) is 9.59 Å². The van der Waals surface area contributed by atoms with Crippen molar-refractivity contribution >= 4 is 11.9 Å². The lowest BCUT2D eigenvalue weighted by atomic mass is 10.0. The maximum atomic E-state index is 12.2. The molecule has 0 aromatic carbocycles. The van der Waals surface area contributed by atoms with Crippen LogP contribution in [-0.2, 0) is 9.59 Å². The molecule has 4 unspecified atom stereocenters. The van der Waals surface area contributed by atoms with Crippen LogP contribution in [0.3, 0.4) is 0 Å². The fourth-order valence-corrected chi connectivity index (χ4v) is 2.70. The Labute approximate surface area is 100 Å². The first-order valence-electron chi connectivity index (χ1n) is 5.98. The number of carboxylic acids is 1. The third-order valence-corrected chi connectivity index (χ3v) is 3.79. The second-order valence-electron chi connectivity index (χ2n) is 4.90. The predicted octanol–water partition coefficient (Wildman–Crippen LogP) is 0.211. The number of hydrogen-bond acceptors (Lipinski definition) is 3. The Bertz CT molecular complexity index is 367. The summed E-state index contributed by atoms with van der Waals surface area (Å²) in [4.78, 5) is 24.9. The van der Waals surface area contributed by atoms with Crippen molar-refractivity contribution < 1.29 is 14.7 Å². The minimum atomic E-state index is -0.813. The molecule has 0 bridgehead atoms. The second kappa shape index (κ2) is 4.49. The van der Waals surface area contributed by atoms with Crippen molar-refractivity contribution in [2.45, 2.75) is 31.8 Å². The Kier molecular flexibility index (Phi) is 3.19. The van der Waals surface area contributed by atoms with Gasteiger partial charge in [-0.05, 0) is 19.8 Å². The molecule has 2 aliphatic rings. The Balaban J connectivity index is 2.02. The van der Waals surface area contributed by atoms with E-state index in [0.29, 0.717) is 19.4 Å². The summed E-state index contributed by atoms with van der Waals surface area (Å²) < 4.78 is 0. The molecule has 0 aromatic rings. The molecule has 0 radical (unpaired) electrons. The monoisotopic (exact) mass is 238 g/mol. The van der Waals surface area contributed by atoms with Crippen LogP contribution in [0.25, 0.3) is 0 Å². The second-order valence-corrected chi connectivity index (χ2v) is 4.90. The molecule has 0 aromatic heterocycles. The van der Waals surface area contributed by atoms with E-state index >= 15 is 0 Å². The lowest BCUT2D eigenvalue weighted by molar-refractivity contribution is -0.143. The van der Waals surface area contributed by atoms with Gasteiger partial charge in [-0.1, -0.05) is 12.2 Å². The van der Waals surface area contributed by atoms with Crippen molar-refractivity contribution in [3.8, 4) is 0 Å². The first kappa shape index (κ1) is 12.1. The van der Waals surface area contributed by atoms with Gasteiger partial charge in [0.25, 0.3) is 0 Å². The van der Waals surface area contributed by atoms with Crippen LogP contribution in [0.4, 0.5) is 0 Å². The molecule has 1 saturated heterocycles. The van der Waals surface area contributed by atoms with E-state index in [4.69, 9.17) is 10.8 Å². The van der Waals surface area contributed by atoms with E-state index in [0.717, 1.165) is 0 Å². The van der Waals surface area contributed by atoms with Gasteiger partial charge in [0.1, 0.15) is 0 Å². The number of rotatable bonds is 2. The summed E-state index contributed by atoms with van der Waals surface area (Å²) >= 11 is 0. The summed E-state index contributed by atoms with van der Waals surface area (Å²) in [6.07, 6.45) is 4.87. The number of carboxylic acid groups (broad SMARTS) is 1. The first-order valence-corrected chi connectivity index (χ1v) is 5.98. The van der Waals surface area contributed by atoms with Gasteiger partial charge in [-0.25, -0.2) is 0 Å². The van der Waals surface area contributed by atoms with Crippen LogP contribution >= 0.6 is 0 Å². The fraction of sp³-hybridized carbons (Fsp3) is 0.667. The number of aliphatic carboxylic acids is 1. The molecule has 3 N–H and O–H groups in total. The lowest BCUT2D eigenvalue weighted by Gasteiger charge is -2.25. The van der Waals surface area contributed by atoms with Crippen molar-refractivity contribution in [2.75, 3.05) is 6.54 Å². The summed E-state index contributed by atoms with van der Waals surface area (Å²) in [5, 5.41) is 9.02. The summed E-state index contributed by atoms with van der Waals surface area (Å²) in [6, 6.07) is -0.262. The number of amides is 1. The van der Waals surface area contributed by atoms with Crippen LogP contribution in [0, 0.1) is 11.8 Å². The van der Waals surface area contributed by atoms with E-state index in [-0.39, 0.29) is 23.9 Å². The zero-order chi connectivity index (χ0) is 12.6. The normalized spacial score (nSPS) is 36.5. The standard InChI is InChI=1S/C12H18N2O3/c1-7-10(12(16)17)4-5-14(7)11(15)8-2-3-9(13)6-8/h2-3,7-10H,4-6,13H2,1H3,(H,16,17). The quantitative estimate of drug-likeness (QED) is 0.674. The Morgan fingerprint density at radius 3 is 2.59 bits per heavy atom.